The first-order valence-electron chi connectivity index (χ1n) is 22.6. The Kier molecular flexibility index (Phi) is 14.9. The maximum absolute atomic E-state index is 13.1. The third kappa shape index (κ3) is 12.3. The molecule has 0 aliphatic carbocycles. The number of hydrogen-bond acceptors (Lipinski definition) is 10. The molecule has 0 saturated carbocycles. The Morgan fingerprint density at radius 1 is 0.516 bits per heavy atom. The van der Waals surface area contributed by atoms with Crippen LogP contribution in [0.1, 0.15) is 151 Å². The second-order valence-electron chi connectivity index (χ2n) is 20.3. The highest BCUT2D eigenvalue weighted by molar-refractivity contribution is 5.91. The van der Waals surface area contributed by atoms with Gasteiger partial charge in [-0.25, -0.2) is 0 Å². The topological polar surface area (TPSA) is 124 Å². The van der Waals surface area contributed by atoms with Gasteiger partial charge in [-0.1, -0.05) is 126 Å². The van der Waals surface area contributed by atoms with Crippen molar-refractivity contribution in [2.24, 2.45) is 0 Å². The Bertz CT molecular complexity index is 2300. The molecule has 2 aliphatic rings. The van der Waals surface area contributed by atoms with Gasteiger partial charge < -0.3 is 28.4 Å². The molecule has 0 bridgehead atoms. The fraction of sp³-hybridized carbons (Fsp3) is 0.481. The second kappa shape index (κ2) is 19.8. The zero-order chi connectivity index (χ0) is 46.5. The SMILES string of the molecule is CC(C)(CCOC(=O)CCc1cc2c(c(C(C)(C)C)c1)OC(=O)C2c1ccccc1)OCCC(C)(C)OCCOC(=O)CCc1cc2c(c(C(C)(C)C)c1)OC(=O)C2c1ccccc1. The highest BCUT2D eigenvalue weighted by Gasteiger charge is 2.40. The number of aryl methyl sites for hydroxylation is 2. The summed E-state index contributed by atoms with van der Waals surface area (Å²) >= 11 is 0. The van der Waals surface area contributed by atoms with Gasteiger partial charge in [-0.3, -0.25) is 19.2 Å². The van der Waals surface area contributed by atoms with Gasteiger partial charge in [0.25, 0.3) is 0 Å². The molecule has 0 N–H and O–H groups in total. The van der Waals surface area contributed by atoms with E-state index < -0.39 is 23.0 Å². The van der Waals surface area contributed by atoms with E-state index in [9.17, 15) is 19.2 Å². The molecule has 4 aromatic carbocycles. The van der Waals surface area contributed by atoms with Crippen molar-refractivity contribution in [3.05, 3.63) is 129 Å². The van der Waals surface area contributed by atoms with Crippen molar-refractivity contribution >= 4 is 23.9 Å². The molecule has 0 saturated heterocycles. The average molecular weight is 875 g/mol. The molecule has 342 valence electrons. The van der Waals surface area contributed by atoms with Crippen LogP contribution in [0, 0.1) is 0 Å². The molecule has 6 rings (SSSR count). The highest BCUT2D eigenvalue weighted by atomic mass is 16.6. The summed E-state index contributed by atoms with van der Waals surface area (Å²) in [5.41, 5.74) is 5.62. The van der Waals surface area contributed by atoms with Crippen LogP contribution in [0.5, 0.6) is 11.5 Å². The third-order valence-corrected chi connectivity index (χ3v) is 12.0. The molecular weight excluding hydrogens is 809 g/mol. The largest absolute Gasteiger partial charge is 0.466 e. The molecule has 0 radical (unpaired) electrons. The first-order valence-corrected chi connectivity index (χ1v) is 22.6. The lowest BCUT2D eigenvalue weighted by Crippen LogP contribution is -2.32. The van der Waals surface area contributed by atoms with Crippen LogP contribution in [0.4, 0.5) is 0 Å². The lowest BCUT2D eigenvalue weighted by Gasteiger charge is -2.29. The fourth-order valence-electron chi connectivity index (χ4n) is 8.22. The Morgan fingerprint density at radius 2 is 0.906 bits per heavy atom. The maximum atomic E-state index is 13.1. The van der Waals surface area contributed by atoms with Crippen LogP contribution in [-0.4, -0.2) is 61.5 Å². The van der Waals surface area contributed by atoms with Gasteiger partial charge in [0, 0.05) is 41.5 Å². The van der Waals surface area contributed by atoms with Crippen molar-refractivity contribution in [2.75, 3.05) is 26.4 Å². The Labute approximate surface area is 379 Å². The second-order valence-corrected chi connectivity index (χ2v) is 20.3. The van der Waals surface area contributed by atoms with Gasteiger partial charge in [0.2, 0.25) is 0 Å². The molecule has 0 aromatic heterocycles. The maximum Gasteiger partial charge on any atom is 0.323 e. The van der Waals surface area contributed by atoms with E-state index in [1.54, 1.807) is 0 Å². The number of carbonyl (C=O) groups excluding carboxylic acids is 4. The van der Waals surface area contributed by atoms with Gasteiger partial charge in [-0.05, 0) is 80.0 Å². The molecular formula is C54H66O10. The third-order valence-electron chi connectivity index (χ3n) is 12.0. The normalized spacial score (nSPS) is 16.2. The highest BCUT2D eigenvalue weighted by Crippen LogP contribution is 2.47. The lowest BCUT2D eigenvalue weighted by atomic mass is 9.81. The zero-order valence-corrected chi connectivity index (χ0v) is 39.4. The summed E-state index contributed by atoms with van der Waals surface area (Å²) in [6.45, 7) is 21.4. The smallest absolute Gasteiger partial charge is 0.323 e. The van der Waals surface area contributed by atoms with Crippen molar-refractivity contribution in [1.82, 2.24) is 0 Å². The van der Waals surface area contributed by atoms with E-state index >= 15 is 0 Å². The summed E-state index contributed by atoms with van der Waals surface area (Å²) in [5.74, 6) is -0.949. The van der Waals surface area contributed by atoms with Crippen molar-refractivity contribution in [3.8, 4) is 11.5 Å². The van der Waals surface area contributed by atoms with Crippen LogP contribution in [0.25, 0.3) is 0 Å². The molecule has 2 unspecified atom stereocenters. The Morgan fingerprint density at radius 3 is 1.33 bits per heavy atom. The van der Waals surface area contributed by atoms with E-state index in [4.69, 9.17) is 28.4 Å². The minimum atomic E-state index is -0.538. The first-order chi connectivity index (χ1) is 30.1. The standard InChI is InChI=1S/C54H66O10/c1-51(2,3)41-33-35(31-39-45(49(57)63-47(39)41)37-17-13-11-14-18-37)21-23-43(55)59-27-25-53(7,8)61-28-26-54(9,10)62-30-29-60-44(56)24-22-36-32-40-46(38-19-15-12-16-20-38)50(58)64-48(40)42(34-36)52(4,5)6/h11-20,31-34,45-46H,21-30H2,1-10H3. The number of ether oxygens (including phenoxy) is 6. The van der Waals surface area contributed by atoms with Gasteiger partial charge in [0.05, 0.1) is 31.0 Å². The van der Waals surface area contributed by atoms with Gasteiger partial charge in [-0.2, -0.15) is 0 Å². The van der Waals surface area contributed by atoms with E-state index in [1.165, 1.54) is 0 Å². The Balaban J connectivity index is 0.899. The van der Waals surface area contributed by atoms with Crippen LogP contribution in [-0.2, 0) is 61.8 Å². The van der Waals surface area contributed by atoms with Crippen molar-refractivity contribution in [2.45, 2.75) is 142 Å². The minimum absolute atomic E-state index is 0.127. The average Bonchev–Trinajstić information content (AvgIpc) is 3.74. The van der Waals surface area contributed by atoms with Gasteiger partial charge >= 0.3 is 23.9 Å². The summed E-state index contributed by atoms with van der Waals surface area (Å²) in [7, 11) is 0. The number of carbonyl (C=O) groups is 4. The summed E-state index contributed by atoms with van der Waals surface area (Å²) in [4.78, 5) is 51.9. The zero-order valence-electron chi connectivity index (χ0n) is 39.4. The monoisotopic (exact) mass is 874 g/mol. The molecule has 10 heteroatoms. The van der Waals surface area contributed by atoms with Crippen LogP contribution in [0.3, 0.4) is 0 Å². The molecule has 2 heterocycles. The molecule has 2 aliphatic heterocycles. The van der Waals surface area contributed by atoms with E-state index in [-0.39, 0.29) is 67.4 Å². The number of rotatable bonds is 19. The predicted molar refractivity (Wildman–Crippen MR) is 246 cm³/mol. The number of esters is 4. The summed E-state index contributed by atoms with van der Waals surface area (Å²) in [6, 6.07) is 27.3. The van der Waals surface area contributed by atoms with E-state index in [2.05, 4.69) is 41.5 Å². The van der Waals surface area contributed by atoms with Crippen LogP contribution in [0.15, 0.2) is 84.9 Å². The van der Waals surface area contributed by atoms with Gasteiger partial charge in [0.1, 0.15) is 29.9 Å². The number of fused-ring (bicyclic) bond motifs is 2. The van der Waals surface area contributed by atoms with Crippen molar-refractivity contribution in [3.63, 3.8) is 0 Å². The Hall–Kier alpha value is -5.32. The predicted octanol–water partition coefficient (Wildman–Crippen LogP) is 10.4. The molecule has 0 spiro atoms. The fourth-order valence-corrected chi connectivity index (χ4v) is 8.22. The van der Waals surface area contributed by atoms with E-state index in [1.807, 2.05) is 113 Å². The van der Waals surface area contributed by atoms with Crippen LogP contribution >= 0.6 is 0 Å². The summed E-state index contributed by atoms with van der Waals surface area (Å²) in [5, 5.41) is 0. The summed E-state index contributed by atoms with van der Waals surface area (Å²) < 4.78 is 35.2. The van der Waals surface area contributed by atoms with Gasteiger partial charge in [-0.15, -0.1) is 0 Å². The molecule has 0 amide bonds. The van der Waals surface area contributed by atoms with Crippen molar-refractivity contribution in [1.29, 1.82) is 0 Å². The minimum Gasteiger partial charge on any atom is -0.466 e. The molecule has 64 heavy (non-hydrogen) atoms. The lowest BCUT2D eigenvalue weighted by molar-refractivity contribution is -0.149. The summed E-state index contributed by atoms with van der Waals surface area (Å²) in [6.07, 6.45) is 2.46. The van der Waals surface area contributed by atoms with Gasteiger partial charge in [0.15, 0.2) is 0 Å². The molecule has 2 atom stereocenters. The number of hydrogen-bond donors (Lipinski definition) is 0. The molecule has 4 aromatic rings. The molecule has 10 nitrogen and oxygen atoms in total. The van der Waals surface area contributed by atoms with E-state index in [0.29, 0.717) is 43.8 Å². The molecule has 0 fully saturated rings. The van der Waals surface area contributed by atoms with Crippen LogP contribution < -0.4 is 9.47 Å². The quantitative estimate of drug-likeness (QED) is 0.0511. The first kappa shape index (κ1) is 48.1. The number of benzene rings is 4. The van der Waals surface area contributed by atoms with E-state index in [0.717, 1.165) is 44.5 Å². The van der Waals surface area contributed by atoms with Crippen LogP contribution in [0.2, 0.25) is 0 Å². The van der Waals surface area contributed by atoms with Crippen molar-refractivity contribution < 1.29 is 47.6 Å².